The first-order valence-electron chi connectivity index (χ1n) is 7.35. The fourth-order valence-corrected chi connectivity index (χ4v) is 3.34. The van der Waals surface area contributed by atoms with Crippen molar-refractivity contribution in [1.29, 1.82) is 0 Å². The average Bonchev–Trinajstić information content (AvgIpc) is 3.06. The van der Waals surface area contributed by atoms with Crippen molar-refractivity contribution in [2.24, 2.45) is 0 Å². The van der Waals surface area contributed by atoms with Gasteiger partial charge in [-0.05, 0) is 77.0 Å². The molecule has 1 aromatic carbocycles. The molecule has 2 aromatic rings. The number of hydrogen-bond acceptors (Lipinski definition) is 2. The summed E-state index contributed by atoms with van der Waals surface area (Å²) in [4.78, 5) is 0. The predicted octanol–water partition coefficient (Wildman–Crippen LogP) is 4.42. The molecule has 0 bridgehead atoms. The lowest BCUT2D eigenvalue weighted by Crippen LogP contribution is -2.22. The second-order valence-electron chi connectivity index (χ2n) is 5.41. The van der Waals surface area contributed by atoms with Gasteiger partial charge in [0.1, 0.15) is 5.76 Å². The number of hydrogen-bond donors (Lipinski definition) is 1. The maximum absolute atomic E-state index is 5.72. The Labute approximate surface area is 128 Å². The number of nitrogens with one attached hydrogen (secondary N) is 1. The Bertz CT molecular complexity index is 590. The number of likely N-dealkylation sites (N-methyl/N-ethyl adjacent to an activating group) is 1. The highest BCUT2D eigenvalue weighted by molar-refractivity contribution is 9.10. The van der Waals surface area contributed by atoms with Crippen molar-refractivity contribution >= 4 is 15.9 Å². The molecule has 1 N–H and O–H groups in total. The van der Waals surface area contributed by atoms with E-state index in [4.69, 9.17) is 4.42 Å². The molecular formula is C17H20BrNO. The third-order valence-corrected chi connectivity index (χ3v) is 4.42. The molecule has 0 saturated heterocycles. The van der Waals surface area contributed by atoms with Crippen molar-refractivity contribution in [2.45, 2.75) is 38.6 Å². The van der Waals surface area contributed by atoms with Gasteiger partial charge in [0.15, 0.2) is 4.67 Å². The number of halogens is 1. The summed E-state index contributed by atoms with van der Waals surface area (Å²) < 4.78 is 6.51. The van der Waals surface area contributed by atoms with Crippen LogP contribution in [0.2, 0.25) is 0 Å². The molecule has 0 radical (unpaired) electrons. The second-order valence-corrected chi connectivity index (χ2v) is 6.19. The molecule has 0 aliphatic heterocycles. The van der Waals surface area contributed by atoms with Crippen LogP contribution in [-0.2, 0) is 19.3 Å². The van der Waals surface area contributed by atoms with E-state index in [9.17, 15) is 0 Å². The zero-order valence-electron chi connectivity index (χ0n) is 11.8. The first-order valence-corrected chi connectivity index (χ1v) is 8.15. The van der Waals surface area contributed by atoms with Crippen LogP contribution in [0.15, 0.2) is 39.4 Å². The number of fused-ring (bicyclic) bond motifs is 1. The van der Waals surface area contributed by atoms with E-state index in [0.29, 0.717) is 0 Å². The maximum Gasteiger partial charge on any atom is 0.169 e. The summed E-state index contributed by atoms with van der Waals surface area (Å²) in [7, 11) is 0. The van der Waals surface area contributed by atoms with Gasteiger partial charge in [-0.15, -0.1) is 0 Å². The van der Waals surface area contributed by atoms with E-state index >= 15 is 0 Å². The number of aryl methyl sites for hydroxylation is 2. The maximum atomic E-state index is 5.72. The topological polar surface area (TPSA) is 25.2 Å². The van der Waals surface area contributed by atoms with Crippen LogP contribution >= 0.6 is 15.9 Å². The van der Waals surface area contributed by atoms with Gasteiger partial charge in [-0.2, -0.15) is 0 Å². The van der Waals surface area contributed by atoms with Crippen LogP contribution < -0.4 is 5.32 Å². The SMILES string of the molecule is CCNC(Cc1ccc2c(c1)CCC2)c1ccc(Br)o1. The summed E-state index contributed by atoms with van der Waals surface area (Å²) in [6.07, 6.45) is 4.76. The van der Waals surface area contributed by atoms with Gasteiger partial charge in [-0.1, -0.05) is 25.1 Å². The Morgan fingerprint density at radius 3 is 2.80 bits per heavy atom. The zero-order chi connectivity index (χ0) is 13.9. The van der Waals surface area contributed by atoms with E-state index in [1.165, 1.54) is 30.4 Å². The van der Waals surface area contributed by atoms with Crippen molar-refractivity contribution < 1.29 is 4.42 Å². The minimum Gasteiger partial charge on any atom is -0.453 e. The van der Waals surface area contributed by atoms with E-state index in [2.05, 4.69) is 46.4 Å². The van der Waals surface area contributed by atoms with Gasteiger partial charge in [0.2, 0.25) is 0 Å². The highest BCUT2D eigenvalue weighted by Gasteiger charge is 2.17. The zero-order valence-corrected chi connectivity index (χ0v) is 13.4. The average molecular weight is 334 g/mol. The quantitative estimate of drug-likeness (QED) is 0.875. The van der Waals surface area contributed by atoms with Gasteiger partial charge in [-0.25, -0.2) is 0 Å². The van der Waals surface area contributed by atoms with Gasteiger partial charge in [0.25, 0.3) is 0 Å². The summed E-state index contributed by atoms with van der Waals surface area (Å²) in [6.45, 7) is 3.07. The molecule has 106 valence electrons. The molecule has 3 heteroatoms. The lowest BCUT2D eigenvalue weighted by atomic mass is 10.00. The molecule has 1 aliphatic rings. The Kier molecular flexibility index (Phi) is 4.27. The minimum absolute atomic E-state index is 0.241. The van der Waals surface area contributed by atoms with E-state index in [1.54, 1.807) is 5.56 Å². The summed E-state index contributed by atoms with van der Waals surface area (Å²) in [5.41, 5.74) is 4.47. The Morgan fingerprint density at radius 2 is 2.05 bits per heavy atom. The number of rotatable bonds is 5. The van der Waals surface area contributed by atoms with Gasteiger partial charge in [0.05, 0.1) is 6.04 Å². The fourth-order valence-electron chi connectivity index (χ4n) is 3.02. The van der Waals surface area contributed by atoms with E-state index in [1.807, 2.05) is 12.1 Å². The summed E-state index contributed by atoms with van der Waals surface area (Å²) in [5.74, 6) is 0.999. The molecule has 1 unspecified atom stereocenters. The first kappa shape index (κ1) is 13.9. The Morgan fingerprint density at radius 1 is 1.20 bits per heavy atom. The van der Waals surface area contributed by atoms with Crippen LogP contribution in [0.4, 0.5) is 0 Å². The summed E-state index contributed by atoms with van der Waals surface area (Å²) in [6, 6.07) is 11.2. The van der Waals surface area contributed by atoms with Gasteiger partial charge in [-0.3, -0.25) is 0 Å². The molecular weight excluding hydrogens is 314 g/mol. The van der Waals surface area contributed by atoms with Crippen molar-refractivity contribution in [3.8, 4) is 0 Å². The lowest BCUT2D eigenvalue weighted by molar-refractivity contribution is 0.405. The molecule has 3 rings (SSSR count). The highest BCUT2D eigenvalue weighted by Crippen LogP contribution is 2.27. The Balaban J connectivity index is 1.79. The van der Waals surface area contributed by atoms with Crippen molar-refractivity contribution in [1.82, 2.24) is 5.32 Å². The largest absolute Gasteiger partial charge is 0.453 e. The molecule has 0 saturated carbocycles. The monoisotopic (exact) mass is 333 g/mol. The third-order valence-electron chi connectivity index (χ3n) is 3.99. The number of furan rings is 1. The van der Waals surface area contributed by atoms with Crippen molar-refractivity contribution in [3.05, 3.63) is 57.5 Å². The summed E-state index contributed by atoms with van der Waals surface area (Å²) >= 11 is 3.38. The second kappa shape index (κ2) is 6.15. The van der Waals surface area contributed by atoms with Gasteiger partial charge >= 0.3 is 0 Å². The van der Waals surface area contributed by atoms with Crippen LogP contribution in [0.1, 0.15) is 41.8 Å². The molecule has 20 heavy (non-hydrogen) atoms. The molecule has 1 aliphatic carbocycles. The smallest absolute Gasteiger partial charge is 0.169 e. The predicted molar refractivity (Wildman–Crippen MR) is 85.0 cm³/mol. The van der Waals surface area contributed by atoms with E-state index in [0.717, 1.165) is 23.4 Å². The third kappa shape index (κ3) is 2.99. The van der Waals surface area contributed by atoms with Crippen LogP contribution in [0.25, 0.3) is 0 Å². The summed E-state index contributed by atoms with van der Waals surface area (Å²) in [5, 5.41) is 3.51. The van der Waals surface area contributed by atoms with E-state index < -0.39 is 0 Å². The molecule has 2 nitrogen and oxygen atoms in total. The first-order chi connectivity index (χ1) is 9.76. The molecule has 1 aromatic heterocycles. The normalized spacial score (nSPS) is 15.3. The van der Waals surface area contributed by atoms with Crippen LogP contribution in [0, 0.1) is 0 Å². The highest BCUT2D eigenvalue weighted by atomic mass is 79.9. The van der Waals surface area contributed by atoms with Crippen LogP contribution in [-0.4, -0.2) is 6.54 Å². The Hall–Kier alpha value is -1.06. The van der Waals surface area contributed by atoms with Gasteiger partial charge < -0.3 is 9.73 Å². The standard InChI is InChI=1S/C17H20BrNO/c1-2-19-15(16-8-9-17(18)20-16)11-12-6-7-13-4-3-5-14(13)10-12/h6-10,15,19H,2-5,11H2,1H3. The van der Waals surface area contributed by atoms with Crippen molar-refractivity contribution in [2.75, 3.05) is 6.54 Å². The fraction of sp³-hybridized carbons (Fsp3) is 0.412. The lowest BCUT2D eigenvalue weighted by Gasteiger charge is -2.16. The molecule has 1 atom stereocenters. The number of benzene rings is 1. The van der Waals surface area contributed by atoms with Gasteiger partial charge in [0, 0.05) is 0 Å². The van der Waals surface area contributed by atoms with Crippen LogP contribution in [0.5, 0.6) is 0 Å². The molecule has 0 fully saturated rings. The molecule has 0 spiro atoms. The minimum atomic E-state index is 0.241. The van der Waals surface area contributed by atoms with E-state index in [-0.39, 0.29) is 6.04 Å². The molecule has 1 heterocycles. The molecule has 0 amide bonds. The van der Waals surface area contributed by atoms with Crippen LogP contribution in [0.3, 0.4) is 0 Å². The van der Waals surface area contributed by atoms with Crippen molar-refractivity contribution in [3.63, 3.8) is 0 Å².